The van der Waals surface area contributed by atoms with Crippen LogP contribution in [0.4, 0.5) is 21.5 Å². The summed E-state index contributed by atoms with van der Waals surface area (Å²) in [5, 5.41) is 2.88. The number of ether oxygens (including phenoxy) is 1. The lowest BCUT2D eigenvalue weighted by molar-refractivity contribution is 0.0527. The number of carbonyl (C=O) groups excluding carboxylic acids is 1. The van der Waals surface area contributed by atoms with Crippen molar-refractivity contribution in [3.05, 3.63) is 53.8 Å². The second-order valence-corrected chi connectivity index (χ2v) is 4.13. The fourth-order valence-corrected chi connectivity index (χ4v) is 1.76. The number of para-hydroxylation sites is 1. The third kappa shape index (κ3) is 3.06. The molecular weight excluding hydrogens is 259 g/mol. The first-order valence-electron chi connectivity index (χ1n) is 6.20. The van der Waals surface area contributed by atoms with Crippen molar-refractivity contribution in [1.82, 2.24) is 0 Å². The van der Waals surface area contributed by atoms with Gasteiger partial charge in [-0.15, -0.1) is 0 Å². The number of carbonyl (C=O) groups is 1. The van der Waals surface area contributed by atoms with Gasteiger partial charge in [-0.1, -0.05) is 12.1 Å². The third-order valence-corrected chi connectivity index (χ3v) is 2.68. The van der Waals surface area contributed by atoms with Gasteiger partial charge in [0.2, 0.25) is 0 Å². The summed E-state index contributed by atoms with van der Waals surface area (Å²) in [6.45, 7) is 1.97. The number of nitrogen functional groups attached to an aromatic ring is 1. The zero-order valence-corrected chi connectivity index (χ0v) is 11.0. The van der Waals surface area contributed by atoms with Crippen molar-refractivity contribution in [1.29, 1.82) is 0 Å². The van der Waals surface area contributed by atoms with E-state index < -0.39 is 11.8 Å². The van der Waals surface area contributed by atoms with Gasteiger partial charge < -0.3 is 15.8 Å². The molecule has 0 aliphatic carbocycles. The average Bonchev–Trinajstić information content (AvgIpc) is 2.43. The van der Waals surface area contributed by atoms with Gasteiger partial charge in [-0.2, -0.15) is 0 Å². The highest BCUT2D eigenvalue weighted by molar-refractivity contribution is 5.97. The van der Waals surface area contributed by atoms with Crippen LogP contribution in [-0.2, 0) is 4.74 Å². The Balaban J connectivity index is 2.36. The molecule has 2 aromatic carbocycles. The summed E-state index contributed by atoms with van der Waals surface area (Å²) in [7, 11) is 0. The summed E-state index contributed by atoms with van der Waals surface area (Å²) in [6.07, 6.45) is 0. The van der Waals surface area contributed by atoms with Crippen LogP contribution < -0.4 is 11.1 Å². The van der Waals surface area contributed by atoms with E-state index in [1.807, 2.05) is 0 Å². The van der Waals surface area contributed by atoms with Gasteiger partial charge in [0.15, 0.2) is 0 Å². The highest BCUT2D eigenvalue weighted by Gasteiger charge is 2.14. The molecule has 4 nitrogen and oxygen atoms in total. The lowest BCUT2D eigenvalue weighted by atomic mass is 10.1. The number of anilines is 3. The number of benzene rings is 2. The number of rotatable bonds is 4. The summed E-state index contributed by atoms with van der Waals surface area (Å²) in [6, 6.07) is 11.0. The van der Waals surface area contributed by atoms with Gasteiger partial charge in [0.05, 0.1) is 23.5 Å². The van der Waals surface area contributed by atoms with Crippen molar-refractivity contribution >= 4 is 23.0 Å². The predicted molar refractivity (Wildman–Crippen MR) is 76.5 cm³/mol. The average molecular weight is 274 g/mol. The molecule has 0 aliphatic heterocycles. The highest BCUT2D eigenvalue weighted by Crippen LogP contribution is 2.25. The van der Waals surface area contributed by atoms with Gasteiger partial charge in [-0.05, 0) is 37.3 Å². The summed E-state index contributed by atoms with van der Waals surface area (Å²) in [4.78, 5) is 11.9. The first kappa shape index (κ1) is 13.9. The molecule has 0 saturated heterocycles. The second-order valence-electron chi connectivity index (χ2n) is 4.13. The van der Waals surface area contributed by atoms with E-state index in [1.165, 1.54) is 12.1 Å². The molecule has 0 aliphatic rings. The van der Waals surface area contributed by atoms with Crippen molar-refractivity contribution in [2.75, 3.05) is 17.7 Å². The van der Waals surface area contributed by atoms with Crippen molar-refractivity contribution < 1.29 is 13.9 Å². The second kappa shape index (κ2) is 6.06. The van der Waals surface area contributed by atoms with Crippen LogP contribution in [0.2, 0.25) is 0 Å². The van der Waals surface area contributed by atoms with Gasteiger partial charge in [-0.3, -0.25) is 0 Å². The molecule has 0 atom stereocenters. The first-order chi connectivity index (χ1) is 9.61. The van der Waals surface area contributed by atoms with Gasteiger partial charge >= 0.3 is 5.97 Å². The molecule has 0 saturated carbocycles. The van der Waals surface area contributed by atoms with Crippen molar-refractivity contribution in [2.45, 2.75) is 6.92 Å². The molecule has 20 heavy (non-hydrogen) atoms. The van der Waals surface area contributed by atoms with Crippen LogP contribution in [0.3, 0.4) is 0 Å². The molecule has 0 bridgehead atoms. The minimum atomic E-state index is -0.501. The molecule has 0 unspecified atom stereocenters. The zero-order chi connectivity index (χ0) is 14.5. The first-order valence-corrected chi connectivity index (χ1v) is 6.20. The molecule has 0 amide bonds. The lowest BCUT2D eigenvalue weighted by Gasteiger charge is -2.12. The number of halogens is 1. The Morgan fingerprint density at radius 2 is 2.00 bits per heavy atom. The number of hydrogen-bond acceptors (Lipinski definition) is 4. The van der Waals surface area contributed by atoms with Crippen molar-refractivity contribution in [3.63, 3.8) is 0 Å². The lowest BCUT2D eigenvalue weighted by Crippen LogP contribution is -2.09. The Bertz CT molecular complexity index is 629. The molecule has 5 heteroatoms. The smallest absolute Gasteiger partial charge is 0.340 e. The normalized spacial score (nSPS) is 10.1. The molecule has 2 aromatic rings. The van der Waals surface area contributed by atoms with Gasteiger partial charge in [-0.25, -0.2) is 9.18 Å². The molecule has 0 heterocycles. The molecular formula is C15H15FN2O2. The number of hydrogen-bond donors (Lipinski definition) is 2. The minimum Gasteiger partial charge on any atom is -0.462 e. The number of nitrogens with one attached hydrogen (secondary N) is 1. The van der Waals surface area contributed by atoms with E-state index in [2.05, 4.69) is 5.32 Å². The summed E-state index contributed by atoms with van der Waals surface area (Å²) >= 11 is 0. The van der Waals surface area contributed by atoms with Crippen LogP contribution >= 0.6 is 0 Å². The summed E-state index contributed by atoms with van der Waals surface area (Å²) in [5.41, 5.74) is 7.11. The molecule has 0 radical (unpaired) electrons. The van der Waals surface area contributed by atoms with E-state index in [0.29, 0.717) is 11.4 Å². The van der Waals surface area contributed by atoms with E-state index >= 15 is 0 Å². The fraction of sp³-hybridized carbons (Fsp3) is 0.133. The number of nitrogens with two attached hydrogens (primary N) is 1. The monoisotopic (exact) mass is 274 g/mol. The van der Waals surface area contributed by atoms with Gasteiger partial charge in [0.1, 0.15) is 5.82 Å². The van der Waals surface area contributed by atoms with Crippen LogP contribution in [-0.4, -0.2) is 12.6 Å². The molecule has 104 valence electrons. The Morgan fingerprint density at radius 1 is 1.25 bits per heavy atom. The largest absolute Gasteiger partial charge is 0.462 e. The molecule has 0 spiro atoms. The molecule has 0 fully saturated rings. The maximum atomic E-state index is 13.6. The fourth-order valence-electron chi connectivity index (χ4n) is 1.76. The Kier molecular flexibility index (Phi) is 4.20. The molecule has 2 rings (SSSR count). The van der Waals surface area contributed by atoms with Crippen molar-refractivity contribution in [2.24, 2.45) is 0 Å². The van der Waals surface area contributed by atoms with E-state index in [-0.39, 0.29) is 17.9 Å². The molecule has 0 aromatic heterocycles. The van der Waals surface area contributed by atoms with Crippen LogP contribution in [0, 0.1) is 5.82 Å². The van der Waals surface area contributed by atoms with Gasteiger partial charge in [0.25, 0.3) is 0 Å². The third-order valence-electron chi connectivity index (χ3n) is 2.68. The topological polar surface area (TPSA) is 64.3 Å². The van der Waals surface area contributed by atoms with E-state index in [1.54, 1.807) is 37.3 Å². The Hall–Kier alpha value is -2.56. The van der Waals surface area contributed by atoms with Crippen LogP contribution in [0.1, 0.15) is 17.3 Å². The summed E-state index contributed by atoms with van der Waals surface area (Å²) < 4.78 is 18.6. The van der Waals surface area contributed by atoms with Crippen molar-refractivity contribution in [3.8, 4) is 0 Å². The van der Waals surface area contributed by atoms with Gasteiger partial charge in [0, 0.05) is 5.69 Å². The van der Waals surface area contributed by atoms with E-state index in [0.717, 1.165) is 0 Å². The summed E-state index contributed by atoms with van der Waals surface area (Å²) in [5.74, 6) is -0.905. The van der Waals surface area contributed by atoms with Crippen LogP contribution in [0.25, 0.3) is 0 Å². The standard InChI is InChI=1S/C15H15FN2O2/c1-2-20-15(19)11-9-10(17)7-8-13(11)18-14-6-4-3-5-12(14)16/h3-9,18H,2,17H2,1H3. The SMILES string of the molecule is CCOC(=O)c1cc(N)ccc1Nc1ccccc1F. The quantitative estimate of drug-likeness (QED) is 0.663. The van der Waals surface area contributed by atoms with E-state index in [9.17, 15) is 9.18 Å². The molecule has 3 N–H and O–H groups in total. The maximum absolute atomic E-state index is 13.6. The van der Waals surface area contributed by atoms with Crippen LogP contribution in [0.5, 0.6) is 0 Å². The van der Waals surface area contributed by atoms with E-state index in [4.69, 9.17) is 10.5 Å². The highest BCUT2D eigenvalue weighted by atomic mass is 19.1. The number of esters is 1. The Labute approximate surface area is 116 Å². The maximum Gasteiger partial charge on any atom is 0.340 e. The Morgan fingerprint density at radius 3 is 2.70 bits per heavy atom. The predicted octanol–water partition coefficient (Wildman–Crippen LogP) is 3.33. The van der Waals surface area contributed by atoms with Crippen LogP contribution in [0.15, 0.2) is 42.5 Å². The minimum absolute atomic E-state index is 0.257. The zero-order valence-electron chi connectivity index (χ0n) is 11.0.